The summed E-state index contributed by atoms with van der Waals surface area (Å²) in [5.74, 6) is 0.711. The predicted molar refractivity (Wildman–Crippen MR) is 86.8 cm³/mol. The number of nitrogens with zero attached hydrogens (tertiary/aromatic N) is 3. The van der Waals surface area contributed by atoms with Crippen molar-refractivity contribution in [3.05, 3.63) is 18.0 Å². The van der Waals surface area contributed by atoms with E-state index >= 15 is 0 Å². The number of hydrogen-bond donors (Lipinski definition) is 1. The molecule has 0 bridgehead atoms. The van der Waals surface area contributed by atoms with Gasteiger partial charge >= 0.3 is 0 Å². The van der Waals surface area contributed by atoms with Crippen molar-refractivity contribution in [1.82, 2.24) is 20.0 Å². The molecule has 0 radical (unpaired) electrons. The first-order chi connectivity index (χ1) is 10.9. The molecule has 128 valence electrons. The summed E-state index contributed by atoms with van der Waals surface area (Å²) in [6.45, 7) is 2.12. The number of hydrogen-bond acceptors (Lipinski definition) is 5. The molecule has 0 spiro atoms. The monoisotopic (exact) mass is 340 g/mol. The Morgan fingerprint density at radius 2 is 2.09 bits per heavy atom. The Morgan fingerprint density at radius 1 is 1.35 bits per heavy atom. The minimum Gasteiger partial charge on any atom is -0.351 e. The van der Waals surface area contributed by atoms with Crippen molar-refractivity contribution >= 4 is 15.7 Å². The van der Waals surface area contributed by atoms with Crippen molar-refractivity contribution in [1.29, 1.82) is 0 Å². The maximum atomic E-state index is 12.1. The molecular formula is C15H24N4O3S. The number of carbonyl (C=O) groups excluding carboxylic acids is 1. The highest BCUT2D eigenvalue weighted by Gasteiger charge is 2.30. The SMILES string of the molecule is Cn1nccc1C1CCN(CC(=O)N[C@@H]2CCS(=O)(=O)C2)CC1. The molecule has 0 saturated carbocycles. The van der Waals surface area contributed by atoms with Gasteiger partial charge in [0, 0.05) is 30.9 Å². The zero-order valence-electron chi connectivity index (χ0n) is 13.4. The zero-order chi connectivity index (χ0) is 16.4. The Labute approximate surface area is 137 Å². The highest BCUT2D eigenvalue weighted by atomic mass is 32.2. The van der Waals surface area contributed by atoms with E-state index in [9.17, 15) is 13.2 Å². The first-order valence-electron chi connectivity index (χ1n) is 8.13. The van der Waals surface area contributed by atoms with Crippen LogP contribution >= 0.6 is 0 Å². The third-order valence-electron chi connectivity index (χ3n) is 4.83. The summed E-state index contributed by atoms with van der Waals surface area (Å²) in [5.41, 5.74) is 1.25. The van der Waals surface area contributed by atoms with E-state index in [-0.39, 0.29) is 23.5 Å². The molecule has 1 aromatic rings. The first-order valence-corrected chi connectivity index (χ1v) is 9.95. The molecule has 1 amide bonds. The Morgan fingerprint density at radius 3 is 2.65 bits per heavy atom. The molecule has 7 nitrogen and oxygen atoms in total. The van der Waals surface area contributed by atoms with Gasteiger partial charge in [-0.3, -0.25) is 14.4 Å². The van der Waals surface area contributed by atoms with Gasteiger partial charge in [0.15, 0.2) is 9.84 Å². The molecule has 2 aliphatic rings. The second-order valence-corrected chi connectivity index (χ2v) is 8.83. The van der Waals surface area contributed by atoms with E-state index in [2.05, 4.69) is 21.4 Å². The van der Waals surface area contributed by atoms with Crippen LogP contribution in [0.25, 0.3) is 0 Å². The number of aryl methyl sites for hydroxylation is 1. The lowest BCUT2D eigenvalue weighted by molar-refractivity contribution is -0.123. The van der Waals surface area contributed by atoms with E-state index in [4.69, 9.17) is 0 Å². The lowest BCUT2D eigenvalue weighted by Crippen LogP contribution is -2.44. The van der Waals surface area contributed by atoms with E-state index in [0.717, 1.165) is 25.9 Å². The molecule has 0 aromatic carbocycles. The second-order valence-electron chi connectivity index (χ2n) is 6.60. The van der Waals surface area contributed by atoms with Gasteiger partial charge in [0.2, 0.25) is 5.91 Å². The summed E-state index contributed by atoms with van der Waals surface area (Å²) in [6.07, 6.45) is 4.40. The molecule has 1 atom stereocenters. The van der Waals surface area contributed by atoms with E-state index in [1.807, 2.05) is 17.9 Å². The minimum absolute atomic E-state index is 0.0638. The number of carbonyl (C=O) groups is 1. The van der Waals surface area contributed by atoms with Crippen LogP contribution in [0.4, 0.5) is 0 Å². The summed E-state index contributed by atoms with van der Waals surface area (Å²) < 4.78 is 24.8. The van der Waals surface area contributed by atoms with Gasteiger partial charge in [-0.15, -0.1) is 0 Å². The number of sulfone groups is 1. The number of nitrogens with one attached hydrogen (secondary N) is 1. The van der Waals surface area contributed by atoms with Crippen molar-refractivity contribution in [3.63, 3.8) is 0 Å². The number of rotatable bonds is 4. The molecule has 1 N–H and O–H groups in total. The fraction of sp³-hybridized carbons (Fsp3) is 0.733. The van der Waals surface area contributed by atoms with Crippen LogP contribution in [0.3, 0.4) is 0 Å². The van der Waals surface area contributed by atoms with Crippen LogP contribution in [0, 0.1) is 0 Å². The summed E-state index contributed by atoms with van der Waals surface area (Å²) in [7, 11) is -0.984. The van der Waals surface area contributed by atoms with Gasteiger partial charge in [-0.05, 0) is 38.4 Å². The van der Waals surface area contributed by atoms with Crippen molar-refractivity contribution in [2.24, 2.45) is 7.05 Å². The molecule has 2 fully saturated rings. The van der Waals surface area contributed by atoms with Gasteiger partial charge in [0.25, 0.3) is 0 Å². The van der Waals surface area contributed by atoms with Crippen molar-refractivity contribution in [2.45, 2.75) is 31.2 Å². The van der Waals surface area contributed by atoms with E-state index in [1.54, 1.807) is 0 Å². The number of amides is 1. The summed E-state index contributed by atoms with van der Waals surface area (Å²) >= 11 is 0. The normalized spacial score (nSPS) is 25.5. The highest BCUT2D eigenvalue weighted by molar-refractivity contribution is 7.91. The number of aromatic nitrogens is 2. The average Bonchev–Trinajstić information content (AvgIpc) is 3.05. The van der Waals surface area contributed by atoms with E-state index in [0.29, 0.717) is 18.9 Å². The number of likely N-dealkylation sites (tertiary alicyclic amines) is 1. The molecule has 2 aliphatic heterocycles. The van der Waals surface area contributed by atoms with Crippen LogP contribution in [0.1, 0.15) is 30.9 Å². The molecule has 3 heterocycles. The third-order valence-corrected chi connectivity index (χ3v) is 6.60. The van der Waals surface area contributed by atoms with Crippen LogP contribution in [0.5, 0.6) is 0 Å². The molecule has 0 aliphatic carbocycles. The van der Waals surface area contributed by atoms with Gasteiger partial charge in [0.1, 0.15) is 0 Å². The Bertz CT molecular complexity index is 662. The third kappa shape index (κ3) is 4.11. The topological polar surface area (TPSA) is 84.3 Å². The first kappa shape index (κ1) is 16.4. The molecule has 3 rings (SSSR count). The standard InChI is InChI=1S/C15H24N4O3S/c1-18-14(2-6-16-18)12-3-7-19(8-4-12)10-15(20)17-13-5-9-23(21,22)11-13/h2,6,12-13H,3-5,7-11H2,1H3,(H,17,20)/t13-/m1/s1. The fourth-order valence-corrected chi connectivity index (χ4v) is 5.23. The van der Waals surface area contributed by atoms with Crippen LogP contribution in [-0.4, -0.2) is 66.2 Å². The van der Waals surface area contributed by atoms with Gasteiger partial charge in [-0.1, -0.05) is 0 Å². The van der Waals surface area contributed by atoms with Gasteiger partial charge in [-0.2, -0.15) is 5.10 Å². The van der Waals surface area contributed by atoms with E-state index < -0.39 is 9.84 Å². The second kappa shape index (κ2) is 6.60. The van der Waals surface area contributed by atoms with Crippen molar-refractivity contribution in [2.75, 3.05) is 31.1 Å². The zero-order valence-corrected chi connectivity index (χ0v) is 14.3. The molecular weight excluding hydrogens is 316 g/mol. The van der Waals surface area contributed by atoms with Gasteiger partial charge in [0.05, 0.1) is 18.1 Å². The van der Waals surface area contributed by atoms with E-state index in [1.165, 1.54) is 5.69 Å². The van der Waals surface area contributed by atoms with Crippen LogP contribution in [-0.2, 0) is 21.7 Å². The Hall–Kier alpha value is -1.41. The summed E-state index contributed by atoms with van der Waals surface area (Å²) in [6, 6.07) is 1.85. The Kier molecular flexibility index (Phi) is 4.72. The van der Waals surface area contributed by atoms with Crippen LogP contribution in [0.2, 0.25) is 0 Å². The maximum Gasteiger partial charge on any atom is 0.234 e. The molecule has 2 saturated heterocycles. The summed E-state index contributed by atoms with van der Waals surface area (Å²) in [4.78, 5) is 14.2. The minimum atomic E-state index is -2.95. The quantitative estimate of drug-likeness (QED) is 0.828. The van der Waals surface area contributed by atoms with Crippen molar-refractivity contribution < 1.29 is 13.2 Å². The van der Waals surface area contributed by atoms with Crippen LogP contribution < -0.4 is 5.32 Å². The lowest BCUT2D eigenvalue weighted by atomic mass is 9.93. The molecule has 0 unspecified atom stereocenters. The predicted octanol–water partition coefficient (Wildman–Crippen LogP) is -0.0972. The van der Waals surface area contributed by atoms with Gasteiger partial charge in [-0.25, -0.2) is 8.42 Å². The smallest absolute Gasteiger partial charge is 0.234 e. The van der Waals surface area contributed by atoms with Crippen molar-refractivity contribution in [3.8, 4) is 0 Å². The Balaban J connectivity index is 1.44. The fourth-order valence-electron chi connectivity index (χ4n) is 3.56. The molecule has 23 heavy (non-hydrogen) atoms. The highest BCUT2D eigenvalue weighted by Crippen LogP contribution is 2.27. The van der Waals surface area contributed by atoms with Crippen LogP contribution in [0.15, 0.2) is 12.3 Å². The average molecular weight is 340 g/mol. The largest absolute Gasteiger partial charge is 0.351 e. The number of piperidine rings is 1. The van der Waals surface area contributed by atoms with Gasteiger partial charge < -0.3 is 5.32 Å². The molecule has 8 heteroatoms. The molecule has 1 aromatic heterocycles. The lowest BCUT2D eigenvalue weighted by Gasteiger charge is -2.31. The summed E-state index contributed by atoms with van der Waals surface area (Å²) in [5, 5.41) is 7.07. The maximum absolute atomic E-state index is 12.1.